The molecular weight excluding hydrogens is 258 g/mol. The average molecular weight is 277 g/mol. The molecule has 4 N–H and O–H groups in total. The first-order valence-electron chi connectivity index (χ1n) is 6.48. The highest BCUT2D eigenvalue weighted by molar-refractivity contribution is 5.98. The highest BCUT2D eigenvalue weighted by Crippen LogP contribution is 2.37. The summed E-state index contributed by atoms with van der Waals surface area (Å²) < 4.78 is 0. The van der Waals surface area contributed by atoms with E-state index in [1.165, 1.54) is 6.07 Å². The van der Waals surface area contributed by atoms with Gasteiger partial charge in [0.1, 0.15) is 0 Å². The van der Waals surface area contributed by atoms with E-state index >= 15 is 0 Å². The number of hydrogen-bond acceptors (Lipinski definition) is 4. The van der Waals surface area contributed by atoms with Crippen molar-refractivity contribution in [1.29, 1.82) is 0 Å². The second-order valence-corrected chi connectivity index (χ2v) is 5.36. The largest absolute Gasteiger partial charge is 0.478 e. The Morgan fingerprint density at radius 3 is 2.75 bits per heavy atom. The molecule has 1 unspecified atom stereocenters. The molecule has 6 heteroatoms. The first kappa shape index (κ1) is 14.2. The highest BCUT2D eigenvalue weighted by atomic mass is 16.4. The monoisotopic (exact) mass is 277 g/mol. The van der Waals surface area contributed by atoms with Crippen LogP contribution in [0.15, 0.2) is 18.2 Å². The number of amides is 1. The predicted molar refractivity (Wildman–Crippen MR) is 76.8 cm³/mol. The number of carboxylic acid groups (broad SMARTS) is 1. The number of carbonyl (C=O) groups excluding carboxylic acids is 1. The van der Waals surface area contributed by atoms with E-state index in [-0.39, 0.29) is 11.5 Å². The fourth-order valence-electron chi connectivity index (χ4n) is 2.73. The van der Waals surface area contributed by atoms with Gasteiger partial charge in [-0.2, -0.15) is 0 Å². The summed E-state index contributed by atoms with van der Waals surface area (Å²) in [4.78, 5) is 25.1. The number of nitrogens with zero attached hydrogens (tertiary/aromatic N) is 1. The van der Waals surface area contributed by atoms with Gasteiger partial charge in [-0.3, -0.25) is 4.79 Å². The summed E-state index contributed by atoms with van der Waals surface area (Å²) in [6.07, 6.45) is 0.667. The van der Waals surface area contributed by atoms with Crippen molar-refractivity contribution >= 4 is 23.3 Å². The van der Waals surface area contributed by atoms with Gasteiger partial charge in [-0.1, -0.05) is 6.07 Å². The number of carbonyl (C=O) groups is 2. The number of para-hydroxylation sites is 1. The molecule has 1 atom stereocenters. The van der Waals surface area contributed by atoms with Gasteiger partial charge in [-0.15, -0.1) is 0 Å². The van der Waals surface area contributed by atoms with Crippen LogP contribution in [0.4, 0.5) is 11.4 Å². The van der Waals surface area contributed by atoms with Crippen molar-refractivity contribution in [2.75, 3.05) is 30.8 Å². The fraction of sp³-hybridized carbons (Fsp3) is 0.429. The number of aromatic carboxylic acids is 1. The number of rotatable bonds is 3. The van der Waals surface area contributed by atoms with Gasteiger partial charge >= 0.3 is 5.97 Å². The Morgan fingerprint density at radius 1 is 1.45 bits per heavy atom. The molecule has 0 spiro atoms. The summed E-state index contributed by atoms with van der Waals surface area (Å²) in [7, 11) is 1.61. The molecule has 1 aliphatic heterocycles. The van der Waals surface area contributed by atoms with Crippen LogP contribution < -0.4 is 16.0 Å². The van der Waals surface area contributed by atoms with E-state index in [1.807, 2.05) is 11.8 Å². The molecule has 0 bridgehead atoms. The topological polar surface area (TPSA) is 95.7 Å². The maximum absolute atomic E-state index is 11.9. The zero-order valence-corrected chi connectivity index (χ0v) is 11.6. The zero-order valence-electron chi connectivity index (χ0n) is 11.6. The number of hydrogen-bond donors (Lipinski definition) is 3. The highest BCUT2D eigenvalue weighted by Gasteiger charge is 2.41. The molecule has 1 aliphatic rings. The Labute approximate surface area is 117 Å². The maximum atomic E-state index is 11.9. The predicted octanol–water partition coefficient (Wildman–Crippen LogP) is 0.929. The first-order valence-corrected chi connectivity index (χ1v) is 6.48. The molecule has 1 fully saturated rings. The lowest BCUT2D eigenvalue weighted by Gasteiger charge is -2.25. The lowest BCUT2D eigenvalue weighted by molar-refractivity contribution is -0.128. The van der Waals surface area contributed by atoms with Crippen molar-refractivity contribution in [3.05, 3.63) is 23.8 Å². The summed E-state index contributed by atoms with van der Waals surface area (Å²) in [5.74, 6) is -1.05. The van der Waals surface area contributed by atoms with Crippen molar-refractivity contribution in [1.82, 2.24) is 5.32 Å². The molecule has 1 aromatic rings. The van der Waals surface area contributed by atoms with Crippen LogP contribution in [-0.4, -0.2) is 37.1 Å². The molecule has 6 nitrogen and oxygen atoms in total. The lowest BCUT2D eigenvalue weighted by Crippen LogP contribution is -2.39. The van der Waals surface area contributed by atoms with Gasteiger partial charge in [0.05, 0.1) is 22.4 Å². The van der Waals surface area contributed by atoms with Crippen molar-refractivity contribution in [3.8, 4) is 0 Å². The van der Waals surface area contributed by atoms with Gasteiger partial charge in [-0.25, -0.2) is 4.79 Å². The number of benzene rings is 1. The van der Waals surface area contributed by atoms with Gasteiger partial charge in [0.15, 0.2) is 0 Å². The lowest BCUT2D eigenvalue weighted by atomic mass is 9.89. The Hall–Kier alpha value is -2.24. The molecule has 0 aliphatic carbocycles. The number of nitrogens with one attached hydrogen (secondary N) is 1. The fourth-order valence-corrected chi connectivity index (χ4v) is 2.73. The molecule has 0 radical (unpaired) electrons. The third-order valence-corrected chi connectivity index (χ3v) is 3.86. The average Bonchev–Trinajstić information content (AvgIpc) is 2.81. The van der Waals surface area contributed by atoms with E-state index in [0.717, 1.165) is 0 Å². The standard InChI is InChI=1S/C14H19N3O3/c1-14(13(20)16-2)6-7-17(8-14)11-9(12(18)19)4-3-5-10(11)15/h3-5H,6-8,15H2,1-2H3,(H,16,20)(H,18,19). The van der Waals surface area contributed by atoms with Crippen molar-refractivity contribution in [3.63, 3.8) is 0 Å². The van der Waals surface area contributed by atoms with E-state index in [9.17, 15) is 14.7 Å². The molecule has 1 aromatic carbocycles. The summed E-state index contributed by atoms with van der Waals surface area (Å²) in [6, 6.07) is 4.83. The summed E-state index contributed by atoms with van der Waals surface area (Å²) in [5, 5.41) is 11.9. The summed E-state index contributed by atoms with van der Waals surface area (Å²) in [6.45, 7) is 2.95. The van der Waals surface area contributed by atoms with Crippen LogP contribution in [0.5, 0.6) is 0 Å². The summed E-state index contributed by atoms with van der Waals surface area (Å²) in [5.41, 5.74) is 6.51. The molecule has 1 saturated heterocycles. The Morgan fingerprint density at radius 2 is 2.15 bits per heavy atom. The van der Waals surface area contributed by atoms with E-state index in [0.29, 0.717) is 30.9 Å². The Kier molecular flexibility index (Phi) is 3.57. The Balaban J connectivity index is 2.36. The minimum Gasteiger partial charge on any atom is -0.478 e. The van der Waals surface area contributed by atoms with Gasteiger partial charge in [0.2, 0.25) is 5.91 Å². The maximum Gasteiger partial charge on any atom is 0.337 e. The third-order valence-electron chi connectivity index (χ3n) is 3.86. The SMILES string of the molecule is CNC(=O)C1(C)CCN(c2c(N)cccc2C(=O)O)C1. The van der Waals surface area contributed by atoms with Crippen molar-refractivity contribution in [2.45, 2.75) is 13.3 Å². The zero-order chi connectivity index (χ0) is 14.9. The van der Waals surface area contributed by atoms with E-state index < -0.39 is 11.4 Å². The van der Waals surface area contributed by atoms with Gasteiger partial charge in [0.25, 0.3) is 0 Å². The quantitative estimate of drug-likeness (QED) is 0.714. The molecule has 2 rings (SSSR count). The van der Waals surface area contributed by atoms with Crippen LogP contribution in [0.3, 0.4) is 0 Å². The first-order chi connectivity index (χ1) is 9.39. The molecule has 20 heavy (non-hydrogen) atoms. The normalized spacial score (nSPS) is 21.8. The molecule has 108 valence electrons. The van der Waals surface area contributed by atoms with E-state index in [2.05, 4.69) is 5.32 Å². The molecular formula is C14H19N3O3. The minimum absolute atomic E-state index is 0.0358. The number of carboxylic acids is 1. The molecule has 0 aromatic heterocycles. The number of anilines is 2. The van der Waals surface area contributed by atoms with Crippen LogP contribution in [0.2, 0.25) is 0 Å². The summed E-state index contributed by atoms with van der Waals surface area (Å²) >= 11 is 0. The van der Waals surface area contributed by atoms with Crippen LogP contribution >= 0.6 is 0 Å². The molecule has 1 heterocycles. The van der Waals surface area contributed by atoms with E-state index in [1.54, 1.807) is 19.2 Å². The molecule has 1 amide bonds. The van der Waals surface area contributed by atoms with Gasteiger partial charge in [-0.05, 0) is 25.5 Å². The second kappa shape index (κ2) is 5.03. The van der Waals surface area contributed by atoms with Crippen LogP contribution in [-0.2, 0) is 4.79 Å². The Bertz CT molecular complexity index is 559. The van der Waals surface area contributed by atoms with Crippen LogP contribution in [0, 0.1) is 5.41 Å². The van der Waals surface area contributed by atoms with Crippen LogP contribution in [0.1, 0.15) is 23.7 Å². The van der Waals surface area contributed by atoms with Crippen molar-refractivity contribution < 1.29 is 14.7 Å². The number of nitrogen functional groups attached to an aromatic ring is 1. The molecule has 0 saturated carbocycles. The smallest absolute Gasteiger partial charge is 0.337 e. The van der Waals surface area contributed by atoms with Gasteiger partial charge in [0, 0.05) is 20.1 Å². The van der Waals surface area contributed by atoms with Crippen LogP contribution in [0.25, 0.3) is 0 Å². The number of nitrogens with two attached hydrogens (primary N) is 1. The second-order valence-electron chi connectivity index (χ2n) is 5.36. The van der Waals surface area contributed by atoms with Crippen molar-refractivity contribution in [2.24, 2.45) is 5.41 Å². The van der Waals surface area contributed by atoms with E-state index in [4.69, 9.17) is 5.73 Å². The minimum atomic E-state index is -1.01. The van der Waals surface area contributed by atoms with Gasteiger partial charge < -0.3 is 21.1 Å². The third kappa shape index (κ3) is 2.29.